The van der Waals surface area contributed by atoms with E-state index in [2.05, 4.69) is 21.7 Å². The fourth-order valence-electron chi connectivity index (χ4n) is 4.70. The van der Waals surface area contributed by atoms with Crippen molar-refractivity contribution in [2.75, 3.05) is 31.6 Å². The molecule has 41 heavy (non-hydrogen) atoms. The SMILES string of the molecule is CN(C)CC#Cc1ccc(-c2cccc3c(NS(C)(=O)=O)nn(C)c23)c([C@H](CC(N)=O)Cc2cc(F)cc(F)c2)n1. The van der Waals surface area contributed by atoms with Crippen LogP contribution in [0, 0.1) is 23.5 Å². The van der Waals surface area contributed by atoms with Crippen molar-refractivity contribution in [2.24, 2.45) is 12.8 Å². The number of fused-ring (bicyclic) bond motifs is 1. The molecule has 0 spiro atoms. The molecule has 0 aliphatic carbocycles. The number of pyridine rings is 1. The molecule has 0 bridgehead atoms. The molecule has 2 aromatic heterocycles. The normalized spacial score (nSPS) is 12.3. The zero-order valence-corrected chi connectivity index (χ0v) is 23.9. The van der Waals surface area contributed by atoms with Crippen LogP contribution >= 0.6 is 0 Å². The molecule has 0 saturated heterocycles. The second-order valence-electron chi connectivity index (χ2n) is 10.1. The Morgan fingerprint density at radius 1 is 1.12 bits per heavy atom. The molecule has 4 aromatic rings. The van der Waals surface area contributed by atoms with Gasteiger partial charge in [-0.25, -0.2) is 22.2 Å². The number of halogens is 2. The highest BCUT2D eigenvalue weighted by Crippen LogP contribution is 2.38. The quantitative estimate of drug-likeness (QED) is 0.293. The molecule has 9 nitrogen and oxygen atoms in total. The van der Waals surface area contributed by atoms with E-state index >= 15 is 0 Å². The number of anilines is 1. The van der Waals surface area contributed by atoms with Crippen LogP contribution in [0.1, 0.15) is 29.3 Å². The van der Waals surface area contributed by atoms with Gasteiger partial charge in [0.15, 0.2) is 5.82 Å². The van der Waals surface area contributed by atoms with Gasteiger partial charge in [0.2, 0.25) is 15.9 Å². The zero-order valence-electron chi connectivity index (χ0n) is 23.1. The number of primary amides is 1. The lowest BCUT2D eigenvalue weighted by Crippen LogP contribution is -2.19. The number of amides is 1. The predicted molar refractivity (Wildman–Crippen MR) is 154 cm³/mol. The van der Waals surface area contributed by atoms with Crippen molar-refractivity contribution in [3.8, 4) is 23.0 Å². The number of nitrogens with zero attached hydrogens (tertiary/aromatic N) is 4. The summed E-state index contributed by atoms with van der Waals surface area (Å²) in [5.41, 5.74) is 8.76. The van der Waals surface area contributed by atoms with Crippen molar-refractivity contribution >= 4 is 32.7 Å². The van der Waals surface area contributed by atoms with Gasteiger partial charge in [-0.1, -0.05) is 18.1 Å². The summed E-state index contributed by atoms with van der Waals surface area (Å²) < 4.78 is 56.0. The average Bonchev–Trinajstić information content (AvgIpc) is 3.16. The van der Waals surface area contributed by atoms with Gasteiger partial charge in [-0.05, 0) is 62.3 Å². The van der Waals surface area contributed by atoms with E-state index < -0.39 is 33.5 Å². The minimum atomic E-state index is -3.60. The van der Waals surface area contributed by atoms with E-state index in [9.17, 15) is 22.0 Å². The number of carbonyl (C=O) groups excluding carboxylic acids is 1. The molecule has 0 aliphatic heterocycles. The Labute approximate surface area is 237 Å². The van der Waals surface area contributed by atoms with Crippen molar-refractivity contribution in [2.45, 2.75) is 18.8 Å². The van der Waals surface area contributed by atoms with E-state index in [1.807, 2.05) is 31.1 Å². The van der Waals surface area contributed by atoms with Crippen LogP contribution in [0.25, 0.3) is 22.0 Å². The predicted octanol–water partition coefficient (Wildman–Crippen LogP) is 3.40. The summed E-state index contributed by atoms with van der Waals surface area (Å²) in [5.74, 6) is 3.50. The summed E-state index contributed by atoms with van der Waals surface area (Å²) in [6, 6.07) is 12.1. The first-order valence-corrected chi connectivity index (χ1v) is 14.5. The molecule has 0 unspecified atom stereocenters. The smallest absolute Gasteiger partial charge is 0.231 e. The Morgan fingerprint density at radius 3 is 2.46 bits per heavy atom. The molecule has 214 valence electrons. The number of sulfonamides is 1. The average molecular weight is 581 g/mol. The molecule has 1 atom stereocenters. The number of carbonyl (C=O) groups is 1. The molecular weight excluding hydrogens is 550 g/mol. The van der Waals surface area contributed by atoms with E-state index in [1.165, 1.54) is 12.1 Å². The largest absolute Gasteiger partial charge is 0.370 e. The maximum Gasteiger partial charge on any atom is 0.231 e. The number of benzene rings is 2. The van der Waals surface area contributed by atoms with Gasteiger partial charge in [0.05, 0.1) is 24.0 Å². The molecule has 0 fully saturated rings. The van der Waals surface area contributed by atoms with Crippen LogP contribution in [-0.2, 0) is 28.3 Å². The van der Waals surface area contributed by atoms with Crippen molar-refractivity contribution in [1.82, 2.24) is 19.7 Å². The summed E-state index contributed by atoms with van der Waals surface area (Å²) in [6.07, 6.45) is 0.975. The number of aryl methyl sites for hydroxylation is 1. The summed E-state index contributed by atoms with van der Waals surface area (Å²) >= 11 is 0. The maximum absolute atomic E-state index is 14.1. The molecule has 2 heterocycles. The number of hydrogen-bond acceptors (Lipinski definition) is 6. The van der Waals surface area contributed by atoms with Crippen molar-refractivity contribution in [1.29, 1.82) is 0 Å². The molecule has 3 N–H and O–H groups in total. The van der Waals surface area contributed by atoms with Gasteiger partial charge >= 0.3 is 0 Å². The molecular formula is C29H30F2N6O3S. The summed E-state index contributed by atoms with van der Waals surface area (Å²) in [7, 11) is 1.86. The number of aromatic nitrogens is 3. The fraction of sp³-hybridized carbons (Fsp3) is 0.276. The molecule has 0 aliphatic rings. The van der Waals surface area contributed by atoms with Gasteiger partial charge < -0.3 is 5.73 Å². The Balaban J connectivity index is 1.94. The van der Waals surface area contributed by atoms with Crippen LogP contribution in [0.15, 0.2) is 48.5 Å². The van der Waals surface area contributed by atoms with Crippen LogP contribution in [0.5, 0.6) is 0 Å². The van der Waals surface area contributed by atoms with Gasteiger partial charge in [0.25, 0.3) is 0 Å². The lowest BCUT2D eigenvalue weighted by atomic mass is 9.87. The van der Waals surface area contributed by atoms with Gasteiger partial charge in [0, 0.05) is 42.0 Å². The lowest BCUT2D eigenvalue weighted by Gasteiger charge is -2.20. The van der Waals surface area contributed by atoms with Crippen LogP contribution in [-0.4, -0.2) is 60.9 Å². The second kappa shape index (κ2) is 12.0. The minimum Gasteiger partial charge on any atom is -0.370 e. The van der Waals surface area contributed by atoms with Crippen molar-refractivity contribution in [3.63, 3.8) is 0 Å². The van der Waals surface area contributed by atoms with Crippen LogP contribution in [0.2, 0.25) is 0 Å². The van der Waals surface area contributed by atoms with Gasteiger partial charge in [-0.3, -0.25) is 19.1 Å². The molecule has 12 heteroatoms. The zero-order chi connectivity index (χ0) is 29.9. The topological polar surface area (TPSA) is 123 Å². The summed E-state index contributed by atoms with van der Waals surface area (Å²) in [6.45, 7) is 0.497. The van der Waals surface area contributed by atoms with Crippen molar-refractivity contribution in [3.05, 3.63) is 77.1 Å². The number of nitrogens with two attached hydrogens (primary N) is 1. The third-order valence-electron chi connectivity index (χ3n) is 6.21. The molecule has 0 radical (unpaired) electrons. The standard InChI is InChI=1S/C29H30F2N6O3S/c1-36(2)12-6-7-22-10-11-23(24-8-5-9-25-28(24)37(3)34-29(25)35-41(4,39)40)27(33-22)19(16-26(32)38)13-18-14-20(30)17-21(31)15-18/h5,8-11,14-15,17,19H,12-13,16H2,1-4H3,(H2,32,38)(H,34,35)/t19-/m0/s1. The van der Waals surface area contributed by atoms with Crippen LogP contribution in [0.4, 0.5) is 14.6 Å². The van der Waals surface area contributed by atoms with Gasteiger partial charge in [-0.2, -0.15) is 5.10 Å². The Bertz CT molecular complexity index is 1770. The van der Waals surface area contributed by atoms with E-state index in [0.29, 0.717) is 45.5 Å². The van der Waals surface area contributed by atoms with E-state index in [-0.39, 0.29) is 18.7 Å². The maximum atomic E-state index is 14.1. The Kier molecular flexibility index (Phi) is 8.70. The molecule has 4 rings (SSSR count). The number of rotatable bonds is 9. The Morgan fingerprint density at radius 2 is 1.83 bits per heavy atom. The monoisotopic (exact) mass is 580 g/mol. The van der Waals surface area contributed by atoms with E-state index in [0.717, 1.165) is 12.3 Å². The summed E-state index contributed by atoms with van der Waals surface area (Å²) in [4.78, 5) is 18.9. The van der Waals surface area contributed by atoms with Gasteiger partial charge in [0.1, 0.15) is 17.3 Å². The van der Waals surface area contributed by atoms with Gasteiger partial charge in [-0.15, -0.1) is 0 Å². The second-order valence-corrected chi connectivity index (χ2v) is 11.8. The van der Waals surface area contributed by atoms with E-state index in [1.54, 1.807) is 29.9 Å². The van der Waals surface area contributed by atoms with E-state index in [4.69, 9.17) is 10.7 Å². The highest BCUT2D eigenvalue weighted by atomic mass is 32.2. The van der Waals surface area contributed by atoms with Crippen LogP contribution in [0.3, 0.4) is 0 Å². The fourth-order valence-corrected chi connectivity index (χ4v) is 5.20. The highest BCUT2D eigenvalue weighted by molar-refractivity contribution is 7.92. The lowest BCUT2D eigenvalue weighted by molar-refractivity contribution is -0.118. The molecule has 0 saturated carbocycles. The number of nitrogens with one attached hydrogen (secondary N) is 1. The Hall–Kier alpha value is -4.34. The summed E-state index contributed by atoms with van der Waals surface area (Å²) in [5, 5.41) is 4.92. The minimum absolute atomic E-state index is 0.0778. The highest BCUT2D eigenvalue weighted by Gasteiger charge is 2.24. The third-order valence-corrected chi connectivity index (χ3v) is 6.78. The van der Waals surface area contributed by atoms with Crippen LogP contribution < -0.4 is 10.5 Å². The van der Waals surface area contributed by atoms with Crippen molar-refractivity contribution < 1.29 is 22.0 Å². The number of para-hydroxylation sites is 1. The first kappa shape index (κ1) is 29.6. The molecule has 2 aromatic carbocycles. The first-order valence-electron chi connectivity index (χ1n) is 12.6. The first-order chi connectivity index (χ1) is 19.3. The third kappa shape index (κ3) is 7.45. The molecule has 1 amide bonds. The number of hydrogen-bond donors (Lipinski definition) is 2.